The second-order valence-corrected chi connectivity index (χ2v) is 7.83. The third-order valence-electron chi connectivity index (χ3n) is 4.34. The number of amides is 3. The number of benzene rings is 1. The SMILES string of the molecule is CC(C)(C)OC(=O)N1CCN(Cc2ccc(C(F)(F)F)cc2C(=O)NNC=O)CC1. The second-order valence-electron chi connectivity index (χ2n) is 7.83. The quantitative estimate of drug-likeness (QED) is 0.552. The fourth-order valence-corrected chi connectivity index (χ4v) is 2.92. The Bertz CT molecular complexity index is 785. The van der Waals surface area contributed by atoms with Crippen molar-refractivity contribution in [1.29, 1.82) is 0 Å². The van der Waals surface area contributed by atoms with Gasteiger partial charge in [0.15, 0.2) is 0 Å². The Balaban J connectivity index is 2.10. The van der Waals surface area contributed by atoms with E-state index < -0.39 is 29.3 Å². The maximum Gasteiger partial charge on any atom is 0.416 e. The number of rotatable bonds is 5. The largest absolute Gasteiger partial charge is 0.444 e. The molecule has 1 heterocycles. The molecular weight excluding hydrogens is 405 g/mol. The standard InChI is InChI=1S/C19H25F3N4O4/c1-18(2,3)30-17(29)26-8-6-25(7-9-26)11-13-4-5-14(19(20,21)22)10-15(13)16(28)24-23-12-27/h4-5,10,12H,6-9,11H2,1-3H3,(H,23,27)(H,24,28). The highest BCUT2D eigenvalue weighted by atomic mass is 19.4. The highest BCUT2D eigenvalue weighted by molar-refractivity contribution is 5.96. The number of carbonyl (C=O) groups excluding carboxylic acids is 3. The van der Waals surface area contributed by atoms with Gasteiger partial charge in [-0.2, -0.15) is 13.2 Å². The minimum absolute atomic E-state index is 0.186. The number of hydrogen-bond acceptors (Lipinski definition) is 5. The molecule has 1 fully saturated rings. The van der Waals surface area contributed by atoms with Gasteiger partial charge in [-0.05, 0) is 38.5 Å². The third-order valence-corrected chi connectivity index (χ3v) is 4.34. The van der Waals surface area contributed by atoms with Gasteiger partial charge in [0.2, 0.25) is 6.41 Å². The van der Waals surface area contributed by atoms with Crippen molar-refractivity contribution in [3.05, 3.63) is 34.9 Å². The summed E-state index contributed by atoms with van der Waals surface area (Å²) in [7, 11) is 0. The lowest BCUT2D eigenvalue weighted by molar-refractivity contribution is -0.137. The van der Waals surface area contributed by atoms with Gasteiger partial charge in [0.05, 0.1) is 5.56 Å². The van der Waals surface area contributed by atoms with E-state index in [0.717, 1.165) is 12.1 Å². The Kier molecular flexibility index (Phi) is 7.30. The number of piperazine rings is 1. The minimum atomic E-state index is -4.61. The molecule has 1 aliphatic rings. The van der Waals surface area contributed by atoms with Crippen LogP contribution in [0.5, 0.6) is 0 Å². The van der Waals surface area contributed by atoms with E-state index in [-0.39, 0.29) is 18.5 Å². The van der Waals surface area contributed by atoms with Crippen molar-refractivity contribution in [2.75, 3.05) is 26.2 Å². The van der Waals surface area contributed by atoms with Crippen LogP contribution in [0.4, 0.5) is 18.0 Å². The van der Waals surface area contributed by atoms with E-state index in [1.165, 1.54) is 6.07 Å². The molecule has 0 spiro atoms. The second kappa shape index (κ2) is 9.33. The van der Waals surface area contributed by atoms with Gasteiger partial charge in [-0.15, -0.1) is 0 Å². The summed E-state index contributed by atoms with van der Waals surface area (Å²) >= 11 is 0. The predicted molar refractivity (Wildman–Crippen MR) is 101 cm³/mol. The molecule has 1 aromatic rings. The first-order valence-corrected chi connectivity index (χ1v) is 9.30. The molecule has 8 nitrogen and oxygen atoms in total. The normalized spacial score (nSPS) is 15.5. The summed E-state index contributed by atoms with van der Waals surface area (Å²) < 4.78 is 44.5. The van der Waals surface area contributed by atoms with Crippen LogP contribution in [0.1, 0.15) is 42.3 Å². The van der Waals surface area contributed by atoms with Crippen LogP contribution in [0.15, 0.2) is 18.2 Å². The van der Waals surface area contributed by atoms with E-state index in [1.807, 2.05) is 15.8 Å². The Hall–Kier alpha value is -2.82. The Morgan fingerprint density at radius 2 is 1.77 bits per heavy atom. The van der Waals surface area contributed by atoms with Crippen molar-refractivity contribution in [3.63, 3.8) is 0 Å². The molecule has 1 aliphatic heterocycles. The molecule has 0 saturated carbocycles. The number of nitrogens with one attached hydrogen (secondary N) is 2. The van der Waals surface area contributed by atoms with Crippen molar-refractivity contribution >= 4 is 18.4 Å². The van der Waals surface area contributed by atoms with Crippen molar-refractivity contribution in [2.24, 2.45) is 0 Å². The van der Waals surface area contributed by atoms with E-state index in [4.69, 9.17) is 4.74 Å². The molecule has 1 saturated heterocycles. The van der Waals surface area contributed by atoms with Crippen LogP contribution in [-0.2, 0) is 22.3 Å². The summed E-state index contributed by atoms with van der Waals surface area (Å²) in [5, 5.41) is 0. The van der Waals surface area contributed by atoms with Gasteiger partial charge >= 0.3 is 12.3 Å². The number of hydrazine groups is 1. The van der Waals surface area contributed by atoms with Crippen LogP contribution in [-0.4, -0.2) is 60.0 Å². The average molecular weight is 430 g/mol. The molecule has 1 aromatic carbocycles. The van der Waals surface area contributed by atoms with Crippen LogP contribution in [0.25, 0.3) is 0 Å². The molecule has 30 heavy (non-hydrogen) atoms. The lowest BCUT2D eigenvalue weighted by Crippen LogP contribution is -2.49. The zero-order valence-corrected chi connectivity index (χ0v) is 17.0. The molecular formula is C19H25F3N4O4. The maximum atomic E-state index is 13.0. The van der Waals surface area contributed by atoms with Crippen LogP contribution in [0.3, 0.4) is 0 Å². The van der Waals surface area contributed by atoms with E-state index in [1.54, 1.807) is 25.7 Å². The molecule has 0 aromatic heterocycles. The Morgan fingerprint density at radius 3 is 2.30 bits per heavy atom. The molecule has 3 amide bonds. The van der Waals surface area contributed by atoms with Crippen molar-refractivity contribution in [1.82, 2.24) is 20.7 Å². The first kappa shape index (κ1) is 23.5. The summed E-state index contributed by atoms with van der Waals surface area (Å²) in [5.74, 6) is -0.851. The maximum absolute atomic E-state index is 13.0. The van der Waals surface area contributed by atoms with E-state index in [9.17, 15) is 27.6 Å². The van der Waals surface area contributed by atoms with Crippen LogP contribution in [0.2, 0.25) is 0 Å². The molecule has 0 aliphatic carbocycles. The summed E-state index contributed by atoms with van der Waals surface area (Å²) in [6.07, 6.45) is -4.82. The van der Waals surface area contributed by atoms with E-state index in [0.29, 0.717) is 31.7 Å². The Labute approximate surface area is 172 Å². The molecule has 166 valence electrons. The predicted octanol–water partition coefficient (Wildman–Crippen LogP) is 2.15. The minimum Gasteiger partial charge on any atom is -0.444 e. The molecule has 11 heteroatoms. The third kappa shape index (κ3) is 6.61. The lowest BCUT2D eigenvalue weighted by atomic mass is 10.0. The average Bonchev–Trinajstić information content (AvgIpc) is 2.64. The number of alkyl halides is 3. The first-order chi connectivity index (χ1) is 13.9. The van der Waals surface area contributed by atoms with Gasteiger partial charge in [0.1, 0.15) is 5.60 Å². The summed E-state index contributed by atoms with van der Waals surface area (Å²) in [4.78, 5) is 38.3. The van der Waals surface area contributed by atoms with Crippen molar-refractivity contribution < 1.29 is 32.3 Å². The molecule has 2 N–H and O–H groups in total. The summed E-state index contributed by atoms with van der Waals surface area (Å²) in [5.41, 5.74) is 2.60. The highest BCUT2D eigenvalue weighted by Gasteiger charge is 2.32. The number of carbonyl (C=O) groups is 3. The Morgan fingerprint density at radius 1 is 1.13 bits per heavy atom. The fraction of sp³-hybridized carbons (Fsp3) is 0.526. The van der Waals surface area contributed by atoms with Crippen LogP contribution in [0, 0.1) is 0 Å². The van der Waals surface area contributed by atoms with Gasteiger partial charge in [0, 0.05) is 38.3 Å². The number of nitrogens with zero attached hydrogens (tertiary/aromatic N) is 2. The van der Waals surface area contributed by atoms with E-state index >= 15 is 0 Å². The van der Waals surface area contributed by atoms with Gasteiger partial charge in [-0.1, -0.05) is 6.07 Å². The van der Waals surface area contributed by atoms with Gasteiger partial charge in [0.25, 0.3) is 5.91 Å². The summed E-state index contributed by atoms with van der Waals surface area (Å²) in [6.45, 7) is 7.26. The van der Waals surface area contributed by atoms with E-state index in [2.05, 4.69) is 0 Å². The van der Waals surface area contributed by atoms with Gasteiger partial charge in [-0.25, -0.2) is 4.79 Å². The van der Waals surface area contributed by atoms with Crippen LogP contribution < -0.4 is 10.9 Å². The monoisotopic (exact) mass is 430 g/mol. The van der Waals surface area contributed by atoms with Crippen LogP contribution >= 0.6 is 0 Å². The number of ether oxygens (including phenoxy) is 1. The zero-order valence-electron chi connectivity index (χ0n) is 17.0. The highest BCUT2D eigenvalue weighted by Crippen LogP contribution is 2.31. The molecule has 0 atom stereocenters. The molecule has 0 bridgehead atoms. The number of halogens is 3. The first-order valence-electron chi connectivity index (χ1n) is 9.30. The zero-order chi connectivity index (χ0) is 22.5. The van der Waals surface area contributed by atoms with Gasteiger partial charge < -0.3 is 9.64 Å². The topological polar surface area (TPSA) is 91.0 Å². The van der Waals surface area contributed by atoms with Gasteiger partial charge in [-0.3, -0.25) is 25.3 Å². The van der Waals surface area contributed by atoms with Crippen molar-refractivity contribution in [2.45, 2.75) is 39.1 Å². The smallest absolute Gasteiger partial charge is 0.416 e. The molecule has 0 unspecified atom stereocenters. The fourth-order valence-electron chi connectivity index (χ4n) is 2.92. The summed E-state index contributed by atoms with van der Waals surface area (Å²) in [6, 6.07) is 2.92. The molecule has 0 radical (unpaired) electrons. The number of hydrogen-bond donors (Lipinski definition) is 2. The lowest BCUT2D eigenvalue weighted by Gasteiger charge is -2.35. The molecule has 2 rings (SSSR count). The van der Waals surface area contributed by atoms with Crippen molar-refractivity contribution in [3.8, 4) is 0 Å².